The predicted molar refractivity (Wildman–Crippen MR) is 105 cm³/mol. The van der Waals surface area contributed by atoms with Crippen LogP contribution in [0.15, 0.2) is 60.7 Å². The number of hydrogen-bond donors (Lipinski definition) is 4. The molecule has 0 saturated heterocycles. The Morgan fingerprint density at radius 1 is 0.769 bits per heavy atom. The maximum atomic E-state index is 11.6. The molecule has 0 radical (unpaired) electrons. The fourth-order valence-electron chi connectivity index (χ4n) is 2.92. The summed E-state index contributed by atoms with van der Waals surface area (Å²) < 4.78 is 0. The largest absolute Gasteiger partial charge is 0.595 e. The Kier molecular flexibility index (Phi) is 6.06. The zero-order valence-corrected chi connectivity index (χ0v) is 16.6. The summed E-state index contributed by atoms with van der Waals surface area (Å²) in [5.74, 6) is 0. The average molecular weight is 484 g/mol. The van der Waals surface area contributed by atoms with Crippen molar-refractivity contribution in [3.63, 3.8) is 0 Å². The van der Waals surface area contributed by atoms with Crippen molar-refractivity contribution in [2.45, 2.75) is 9.65 Å². The first-order chi connectivity index (χ1) is 12.4. The first-order valence-electron chi connectivity index (χ1n) is 7.76. The minimum absolute atomic E-state index is 0.0311. The molecule has 0 aliphatic heterocycles. The molecule has 136 valence electrons. The second-order valence-electron chi connectivity index (χ2n) is 5.78. The van der Waals surface area contributed by atoms with Gasteiger partial charge in [0.1, 0.15) is 0 Å². The lowest BCUT2D eigenvalue weighted by atomic mass is 9.97. The Morgan fingerprint density at radius 3 is 2.12 bits per heavy atom. The van der Waals surface area contributed by atoms with Crippen LogP contribution in [0.5, 0.6) is 0 Å². The summed E-state index contributed by atoms with van der Waals surface area (Å²) in [5.41, 5.74) is 1.44. The molecular formula is C18H16Br2N2O4. The lowest BCUT2D eigenvalue weighted by molar-refractivity contribution is -0.996. The first kappa shape index (κ1) is 19.4. The van der Waals surface area contributed by atoms with Crippen LogP contribution in [0.3, 0.4) is 0 Å². The Hall–Kier alpha value is -1.36. The molecule has 0 saturated carbocycles. The quantitative estimate of drug-likeness (QED) is 0.331. The Balaban J connectivity index is 2.04. The molecule has 0 aliphatic rings. The van der Waals surface area contributed by atoms with Gasteiger partial charge in [-0.15, -0.1) is 0 Å². The van der Waals surface area contributed by atoms with Crippen LogP contribution in [0.1, 0.15) is 20.8 Å². The summed E-state index contributed by atoms with van der Waals surface area (Å²) in [6.07, 6.45) is 0. The maximum absolute atomic E-state index is 11.6. The summed E-state index contributed by atoms with van der Waals surface area (Å²) in [4.78, 5) is -0.565. The number of rotatable bonds is 5. The highest BCUT2D eigenvalue weighted by atomic mass is 79.9. The van der Waals surface area contributed by atoms with Crippen molar-refractivity contribution in [1.82, 2.24) is 0 Å². The summed E-state index contributed by atoms with van der Waals surface area (Å²) in [6, 6.07) is 18.1. The molecule has 0 aromatic heterocycles. The first-order valence-corrected chi connectivity index (χ1v) is 9.59. The smallest absolute Gasteiger partial charge is 0.174 e. The van der Waals surface area contributed by atoms with E-state index >= 15 is 0 Å². The van der Waals surface area contributed by atoms with Crippen molar-refractivity contribution < 1.29 is 20.9 Å². The Labute approximate surface area is 166 Å². The fourth-order valence-corrected chi connectivity index (χ4v) is 4.29. The SMILES string of the molecule is [O-][NH+](O)c1ccc([C@H](Br)[C@H](Br)c2cccc3ccccc23)c([NH+]([O-])O)c1. The molecule has 0 aliphatic carbocycles. The molecule has 0 spiro atoms. The second-order valence-corrected chi connectivity index (χ2v) is 7.76. The van der Waals surface area contributed by atoms with Crippen LogP contribution in [-0.4, -0.2) is 10.4 Å². The normalized spacial score (nSPS) is 16.2. The third kappa shape index (κ3) is 3.83. The van der Waals surface area contributed by atoms with Crippen LogP contribution in [0.4, 0.5) is 11.4 Å². The van der Waals surface area contributed by atoms with Gasteiger partial charge in [-0.2, -0.15) is 10.5 Å². The van der Waals surface area contributed by atoms with Gasteiger partial charge in [-0.05, 0) is 22.4 Å². The summed E-state index contributed by atoms with van der Waals surface area (Å²) in [6.45, 7) is 0. The van der Waals surface area contributed by atoms with Gasteiger partial charge in [-0.1, -0.05) is 74.3 Å². The van der Waals surface area contributed by atoms with E-state index in [1.807, 2.05) is 42.5 Å². The third-order valence-corrected chi connectivity index (χ3v) is 6.96. The number of benzene rings is 3. The number of hydrogen-bond acceptors (Lipinski definition) is 4. The van der Waals surface area contributed by atoms with E-state index in [1.165, 1.54) is 12.1 Å². The van der Waals surface area contributed by atoms with Gasteiger partial charge in [0.15, 0.2) is 11.4 Å². The summed E-state index contributed by atoms with van der Waals surface area (Å²) in [5, 5.41) is 41.3. The van der Waals surface area contributed by atoms with Crippen LogP contribution < -0.4 is 10.5 Å². The van der Waals surface area contributed by atoms with Crippen LogP contribution in [0.25, 0.3) is 10.8 Å². The van der Waals surface area contributed by atoms with Crippen LogP contribution in [-0.2, 0) is 0 Å². The highest BCUT2D eigenvalue weighted by Crippen LogP contribution is 2.46. The fraction of sp³-hybridized carbons (Fsp3) is 0.111. The maximum Gasteiger partial charge on any atom is 0.174 e. The van der Waals surface area contributed by atoms with E-state index in [2.05, 4.69) is 31.9 Å². The van der Waals surface area contributed by atoms with Gasteiger partial charge < -0.3 is 10.4 Å². The molecule has 0 amide bonds. The van der Waals surface area contributed by atoms with Gasteiger partial charge in [0.25, 0.3) is 0 Å². The zero-order valence-electron chi connectivity index (χ0n) is 13.4. The third-order valence-electron chi connectivity index (χ3n) is 4.21. The number of halogens is 2. The number of fused-ring (bicyclic) bond motifs is 1. The molecule has 8 heteroatoms. The molecule has 4 N–H and O–H groups in total. The number of quaternary nitrogens is 2. The van der Waals surface area contributed by atoms with Gasteiger partial charge in [-0.25, -0.2) is 10.4 Å². The van der Waals surface area contributed by atoms with E-state index in [1.54, 1.807) is 6.07 Å². The molecule has 0 bridgehead atoms. The number of nitrogens with one attached hydrogen (secondary N) is 2. The molecule has 2 unspecified atom stereocenters. The zero-order chi connectivity index (χ0) is 18.8. The standard InChI is InChI=1S/C18H16Br2N2O4/c19-17(14-7-3-5-11-4-1-2-6-13(11)14)18(20)15-9-8-12(21(23)24)10-16(15)22(25)26/h1-10,17-18,21-23,25H/t17-,18+/m1/s1. The second kappa shape index (κ2) is 8.12. The van der Waals surface area contributed by atoms with Gasteiger partial charge in [0, 0.05) is 11.6 Å². The lowest BCUT2D eigenvalue weighted by Gasteiger charge is -2.24. The molecule has 0 fully saturated rings. The van der Waals surface area contributed by atoms with E-state index in [0.29, 0.717) is 5.56 Å². The van der Waals surface area contributed by atoms with Gasteiger partial charge >= 0.3 is 0 Å². The van der Waals surface area contributed by atoms with Gasteiger partial charge in [0.2, 0.25) is 0 Å². The van der Waals surface area contributed by atoms with Crippen molar-refractivity contribution in [1.29, 1.82) is 0 Å². The van der Waals surface area contributed by atoms with Crippen LogP contribution in [0.2, 0.25) is 0 Å². The molecular weight excluding hydrogens is 468 g/mol. The van der Waals surface area contributed by atoms with Crippen molar-refractivity contribution in [2.75, 3.05) is 0 Å². The number of alkyl halides is 2. The highest BCUT2D eigenvalue weighted by Gasteiger charge is 2.27. The van der Waals surface area contributed by atoms with Gasteiger partial charge in [0.05, 0.1) is 15.7 Å². The molecule has 3 aromatic rings. The molecule has 3 aromatic carbocycles. The minimum Gasteiger partial charge on any atom is -0.595 e. The average Bonchev–Trinajstić information content (AvgIpc) is 2.65. The lowest BCUT2D eigenvalue weighted by Crippen LogP contribution is -3.01. The van der Waals surface area contributed by atoms with Crippen LogP contribution >= 0.6 is 31.9 Å². The molecule has 0 heterocycles. The molecule has 3 rings (SSSR count). The molecule has 26 heavy (non-hydrogen) atoms. The summed E-state index contributed by atoms with van der Waals surface area (Å²) >= 11 is 7.28. The van der Waals surface area contributed by atoms with E-state index in [9.17, 15) is 15.6 Å². The van der Waals surface area contributed by atoms with E-state index in [4.69, 9.17) is 5.21 Å². The topological polar surface area (TPSA) is 95.5 Å². The summed E-state index contributed by atoms with van der Waals surface area (Å²) in [7, 11) is 0. The highest BCUT2D eigenvalue weighted by molar-refractivity contribution is 9.12. The molecule has 4 atom stereocenters. The van der Waals surface area contributed by atoms with Gasteiger partial charge in [-0.3, -0.25) is 0 Å². The molecule has 6 nitrogen and oxygen atoms in total. The van der Waals surface area contributed by atoms with E-state index in [-0.39, 0.29) is 21.0 Å². The van der Waals surface area contributed by atoms with Crippen molar-refractivity contribution in [3.05, 3.63) is 82.2 Å². The Bertz CT molecular complexity index is 915. The monoisotopic (exact) mass is 482 g/mol. The predicted octanol–water partition coefficient (Wildman–Crippen LogP) is 3.22. The van der Waals surface area contributed by atoms with E-state index < -0.39 is 10.5 Å². The Morgan fingerprint density at radius 2 is 1.42 bits per heavy atom. The van der Waals surface area contributed by atoms with Crippen molar-refractivity contribution in [2.24, 2.45) is 0 Å². The van der Waals surface area contributed by atoms with E-state index in [0.717, 1.165) is 16.3 Å². The van der Waals surface area contributed by atoms with Crippen molar-refractivity contribution in [3.8, 4) is 0 Å². The van der Waals surface area contributed by atoms with Crippen molar-refractivity contribution >= 4 is 54.0 Å². The van der Waals surface area contributed by atoms with Crippen LogP contribution in [0, 0.1) is 10.4 Å². The minimum atomic E-state index is -1.16.